The Kier molecular flexibility index (Phi) is 4.57. The summed E-state index contributed by atoms with van der Waals surface area (Å²) in [5.74, 6) is 0.466. The van der Waals surface area contributed by atoms with E-state index >= 15 is 0 Å². The Bertz CT molecular complexity index is 456. The van der Waals surface area contributed by atoms with Crippen molar-refractivity contribution in [2.75, 3.05) is 32.8 Å². The summed E-state index contributed by atoms with van der Waals surface area (Å²) in [4.78, 5) is 2.29. The van der Waals surface area contributed by atoms with Crippen molar-refractivity contribution < 1.29 is 10.2 Å². The summed E-state index contributed by atoms with van der Waals surface area (Å²) < 4.78 is 0. The number of hydrogen-bond acceptors (Lipinski definition) is 5. The fourth-order valence-electron chi connectivity index (χ4n) is 3.54. The first-order valence-corrected chi connectivity index (χ1v) is 7.79. The van der Waals surface area contributed by atoms with Crippen LogP contribution < -0.4 is 10.9 Å². The summed E-state index contributed by atoms with van der Waals surface area (Å²) in [6.07, 6.45) is 1.64. The van der Waals surface area contributed by atoms with Crippen LogP contribution in [0.3, 0.4) is 0 Å². The van der Waals surface area contributed by atoms with Gasteiger partial charge in [0.15, 0.2) is 0 Å². The highest BCUT2D eigenvalue weighted by Gasteiger charge is 2.36. The highest BCUT2D eigenvalue weighted by atomic mass is 16.3. The van der Waals surface area contributed by atoms with Crippen LogP contribution in [0.15, 0.2) is 30.3 Å². The molecule has 0 spiro atoms. The Labute approximate surface area is 125 Å². The normalized spacial score (nSPS) is 34.2. The number of likely N-dealkylation sites (tertiary alicyclic amines) is 1. The molecule has 2 heterocycles. The quantitative estimate of drug-likeness (QED) is 0.641. The topological polar surface area (TPSA) is 67.8 Å². The van der Waals surface area contributed by atoms with Crippen LogP contribution in [-0.4, -0.2) is 53.5 Å². The van der Waals surface area contributed by atoms with Crippen LogP contribution in [0.2, 0.25) is 0 Å². The Morgan fingerprint density at radius 3 is 2.86 bits per heavy atom. The lowest BCUT2D eigenvalue weighted by molar-refractivity contribution is -0.0694. The first-order valence-electron chi connectivity index (χ1n) is 7.79. The van der Waals surface area contributed by atoms with Crippen LogP contribution in [0.5, 0.6) is 0 Å². The van der Waals surface area contributed by atoms with E-state index in [4.69, 9.17) is 0 Å². The van der Waals surface area contributed by atoms with Crippen molar-refractivity contribution in [2.45, 2.75) is 24.5 Å². The molecule has 5 nitrogen and oxygen atoms in total. The predicted molar refractivity (Wildman–Crippen MR) is 81.5 cm³/mol. The van der Waals surface area contributed by atoms with E-state index in [2.05, 4.69) is 40.0 Å². The Hall–Kier alpha value is -0.980. The zero-order valence-electron chi connectivity index (χ0n) is 12.3. The molecule has 3 atom stereocenters. The second-order valence-corrected chi connectivity index (χ2v) is 6.39. The number of rotatable bonds is 4. The fraction of sp³-hybridized carbons (Fsp3) is 0.625. The molecular formula is C16H25N3O2. The van der Waals surface area contributed by atoms with E-state index < -0.39 is 5.60 Å². The van der Waals surface area contributed by atoms with Gasteiger partial charge in [0.25, 0.3) is 0 Å². The van der Waals surface area contributed by atoms with E-state index in [1.54, 1.807) is 0 Å². The smallest absolute Gasteiger partial charge is 0.100 e. The molecule has 0 aliphatic carbocycles. The van der Waals surface area contributed by atoms with Crippen LogP contribution in [0, 0.1) is 5.92 Å². The molecule has 0 bridgehead atoms. The molecule has 0 aromatic heterocycles. The highest BCUT2D eigenvalue weighted by molar-refractivity contribution is 5.20. The van der Waals surface area contributed by atoms with Gasteiger partial charge in [-0.05, 0) is 24.9 Å². The molecule has 3 rings (SSSR count). The largest absolute Gasteiger partial charge is 0.393 e. The number of nitrogens with zero attached hydrogens (tertiary/aromatic N) is 1. The van der Waals surface area contributed by atoms with Crippen molar-refractivity contribution in [1.82, 2.24) is 15.8 Å². The summed E-state index contributed by atoms with van der Waals surface area (Å²) in [5, 5.41) is 19.6. The number of β-amino-alcohol motifs (C(OH)–C–C–N with tert-alkyl or cyclic N) is 1. The molecule has 5 heteroatoms. The molecule has 2 saturated heterocycles. The number of benzene rings is 1. The monoisotopic (exact) mass is 291 g/mol. The van der Waals surface area contributed by atoms with Gasteiger partial charge in [0.05, 0.1) is 12.6 Å². The zero-order valence-corrected chi connectivity index (χ0v) is 12.3. The van der Waals surface area contributed by atoms with E-state index in [1.807, 2.05) is 6.07 Å². The molecular weight excluding hydrogens is 266 g/mol. The van der Waals surface area contributed by atoms with Gasteiger partial charge in [-0.2, -0.15) is 0 Å². The van der Waals surface area contributed by atoms with Gasteiger partial charge in [-0.1, -0.05) is 30.3 Å². The van der Waals surface area contributed by atoms with Gasteiger partial charge in [0.2, 0.25) is 0 Å². The van der Waals surface area contributed by atoms with Gasteiger partial charge >= 0.3 is 0 Å². The summed E-state index contributed by atoms with van der Waals surface area (Å²) in [6.45, 7) is 3.28. The van der Waals surface area contributed by atoms with Crippen molar-refractivity contribution in [3.63, 3.8) is 0 Å². The van der Waals surface area contributed by atoms with Gasteiger partial charge in [0.1, 0.15) is 5.60 Å². The van der Waals surface area contributed by atoms with Crippen LogP contribution in [0.4, 0.5) is 0 Å². The molecule has 0 amide bonds. The van der Waals surface area contributed by atoms with Crippen molar-refractivity contribution in [1.29, 1.82) is 0 Å². The van der Waals surface area contributed by atoms with E-state index in [9.17, 15) is 10.2 Å². The Balaban J connectivity index is 1.64. The van der Waals surface area contributed by atoms with Gasteiger partial charge in [-0.3, -0.25) is 10.3 Å². The molecule has 4 N–H and O–H groups in total. The van der Waals surface area contributed by atoms with Crippen LogP contribution in [-0.2, 0) is 0 Å². The number of hydrogen-bond donors (Lipinski definition) is 4. The number of hydrazine groups is 1. The lowest BCUT2D eigenvalue weighted by atomic mass is 9.90. The molecule has 116 valence electrons. The van der Waals surface area contributed by atoms with Crippen molar-refractivity contribution in [3.05, 3.63) is 35.9 Å². The average Bonchev–Trinajstić information content (AvgIpc) is 2.96. The van der Waals surface area contributed by atoms with Gasteiger partial charge < -0.3 is 10.2 Å². The minimum absolute atomic E-state index is 0.146. The fourth-order valence-corrected chi connectivity index (χ4v) is 3.54. The summed E-state index contributed by atoms with van der Waals surface area (Å²) in [5.41, 5.74) is 6.99. The SMILES string of the molecule is OCC1(O)CCCN(CC2CNNC2c2ccccc2)C1. The van der Waals surface area contributed by atoms with Gasteiger partial charge in [0, 0.05) is 25.6 Å². The van der Waals surface area contributed by atoms with Crippen molar-refractivity contribution >= 4 is 0 Å². The minimum Gasteiger partial charge on any atom is -0.393 e. The summed E-state index contributed by atoms with van der Waals surface area (Å²) in [6, 6.07) is 10.8. The molecule has 2 fully saturated rings. The third-order valence-corrected chi connectivity index (χ3v) is 4.67. The number of aliphatic hydroxyl groups excluding tert-OH is 1. The van der Waals surface area contributed by atoms with Crippen LogP contribution in [0.1, 0.15) is 24.4 Å². The first kappa shape index (κ1) is 14.9. The summed E-state index contributed by atoms with van der Waals surface area (Å²) >= 11 is 0. The molecule has 1 aromatic rings. The van der Waals surface area contributed by atoms with Crippen LogP contribution >= 0.6 is 0 Å². The second kappa shape index (κ2) is 6.42. The maximum Gasteiger partial charge on any atom is 0.100 e. The molecule has 1 aromatic carbocycles. The zero-order chi connectivity index (χ0) is 14.7. The summed E-state index contributed by atoms with van der Waals surface area (Å²) in [7, 11) is 0. The molecule has 3 unspecified atom stereocenters. The van der Waals surface area contributed by atoms with Crippen LogP contribution in [0.25, 0.3) is 0 Å². The molecule has 2 aliphatic heterocycles. The standard InChI is InChI=1S/C16H25N3O2/c20-12-16(21)7-4-8-19(11-16)10-14-9-17-18-15(14)13-5-2-1-3-6-13/h1-3,5-6,14-15,17-18,20-21H,4,7-12H2. The lowest BCUT2D eigenvalue weighted by Gasteiger charge is -2.39. The van der Waals surface area contributed by atoms with E-state index in [1.165, 1.54) is 5.56 Å². The number of nitrogens with one attached hydrogen (secondary N) is 2. The van der Waals surface area contributed by atoms with E-state index in [0.717, 1.165) is 26.1 Å². The van der Waals surface area contributed by atoms with E-state index in [0.29, 0.717) is 24.9 Å². The molecule has 21 heavy (non-hydrogen) atoms. The number of piperidine rings is 1. The molecule has 2 aliphatic rings. The van der Waals surface area contributed by atoms with Crippen molar-refractivity contribution in [2.24, 2.45) is 5.92 Å². The molecule has 0 radical (unpaired) electrons. The van der Waals surface area contributed by atoms with Gasteiger partial charge in [-0.25, -0.2) is 5.43 Å². The maximum atomic E-state index is 10.3. The maximum absolute atomic E-state index is 10.3. The second-order valence-electron chi connectivity index (χ2n) is 6.39. The Morgan fingerprint density at radius 2 is 2.10 bits per heavy atom. The lowest BCUT2D eigenvalue weighted by Crippen LogP contribution is -2.51. The predicted octanol–water partition coefficient (Wildman–Crippen LogP) is 0.271. The van der Waals surface area contributed by atoms with Crippen molar-refractivity contribution in [3.8, 4) is 0 Å². The third kappa shape index (κ3) is 3.44. The Morgan fingerprint density at radius 1 is 1.29 bits per heavy atom. The molecule has 0 saturated carbocycles. The minimum atomic E-state index is -0.917. The third-order valence-electron chi connectivity index (χ3n) is 4.67. The first-order chi connectivity index (χ1) is 10.2. The number of aliphatic hydroxyl groups is 2. The average molecular weight is 291 g/mol. The van der Waals surface area contributed by atoms with E-state index in [-0.39, 0.29) is 6.61 Å². The van der Waals surface area contributed by atoms with Gasteiger partial charge in [-0.15, -0.1) is 0 Å². The highest BCUT2D eigenvalue weighted by Crippen LogP contribution is 2.28.